The van der Waals surface area contributed by atoms with Gasteiger partial charge in [0, 0.05) is 11.9 Å². The normalized spacial score (nSPS) is 11.6. The Hall–Kier alpha value is -0.850. The monoisotopic (exact) mass is 191 g/mol. The fraction of sp³-hybridized carbons (Fsp3) is 0.615. The van der Waals surface area contributed by atoms with Crippen LogP contribution in [-0.2, 0) is 6.42 Å². The van der Waals surface area contributed by atoms with Gasteiger partial charge in [-0.25, -0.2) is 0 Å². The van der Waals surface area contributed by atoms with Gasteiger partial charge >= 0.3 is 0 Å². The Kier molecular flexibility index (Phi) is 4.12. The number of pyridine rings is 1. The van der Waals surface area contributed by atoms with E-state index in [1.54, 1.807) is 0 Å². The molecule has 0 saturated carbocycles. The highest BCUT2D eigenvalue weighted by Crippen LogP contribution is 2.21. The number of rotatable bonds is 4. The summed E-state index contributed by atoms with van der Waals surface area (Å²) < 4.78 is 0. The molecule has 1 nitrogen and oxygen atoms in total. The number of unbranched alkanes of at least 4 members (excludes halogenated alkanes) is 1. The molecule has 0 fully saturated rings. The predicted molar refractivity (Wildman–Crippen MR) is 61.2 cm³/mol. The SMILES string of the molecule is CC(C)(C)CCCCc1ccccn1. The van der Waals surface area contributed by atoms with Gasteiger partial charge in [0.2, 0.25) is 0 Å². The third-order valence-electron chi connectivity index (χ3n) is 2.34. The Morgan fingerprint density at radius 3 is 2.50 bits per heavy atom. The summed E-state index contributed by atoms with van der Waals surface area (Å²) in [4.78, 5) is 4.31. The van der Waals surface area contributed by atoms with Gasteiger partial charge in [-0.15, -0.1) is 0 Å². The molecule has 0 unspecified atom stereocenters. The lowest BCUT2D eigenvalue weighted by Gasteiger charge is -2.17. The fourth-order valence-electron chi connectivity index (χ4n) is 1.51. The van der Waals surface area contributed by atoms with Crippen LogP contribution in [0.25, 0.3) is 0 Å². The zero-order valence-corrected chi connectivity index (χ0v) is 9.59. The van der Waals surface area contributed by atoms with Crippen LogP contribution in [0.1, 0.15) is 45.7 Å². The van der Waals surface area contributed by atoms with Crippen molar-refractivity contribution in [2.45, 2.75) is 46.5 Å². The molecule has 0 aliphatic heterocycles. The second kappa shape index (κ2) is 5.14. The predicted octanol–water partition coefficient (Wildman–Crippen LogP) is 3.84. The summed E-state index contributed by atoms with van der Waals surface area (Å²) in [5, 5.41) is 0. The zero-order chi connectivity index (χ0) is 10.4. The molecule has 78 valence electrons. The van der Waals surface area contributed by atoms with Crippen molar-refractivity contribution in [2.75, 3.05) is 0 Å². The van der Waals surface area contributed by atoms with E-state index in [4.69, 9.17) is 0 Å². The number of hydrogen-bond acceptors (Lipinski definition) is 1. The summed E-state index contributed by atoms with van der Waals surface area (Å²) >= 11 is 0. The molecule has 1 aromatic heterocycles. The van der Waals surface area contributed by atoms with Gasteiger partial charge < -0.3 is 0 Å². The standard InChI is InChI=1S/C13H21N/c1-13(2,3)10-6-4-8-12-9-5-7-11-14-12/h5,7,9,11H,4,6,8,10H2,1-3H3. The topological polar surface area (TPSA) is 12.9 Å². The van der Waals surface area contributed by atoms with Crippen LogP contribution in [0.2, 0.25) is 0 Å². The van der Waals surface area contributed by atoms with Crippen LogP contribution in [0.4, 0.5) is 0 Å². The molecule has 0 amide bonds. The van der Waals surface area contributed by atoms with E-state index in [2.05, 4.69) is 37.9 Å². The van der Waals surface area contributed by atoms with Crippen molar-refractivity contribution < 1.29 is 0 Å². The second-order valence-corrected chi connectivity index (χ2v) is 5.09. The minimum absolute atomic E-state index is 0.476. The Morgan fingerprint density at radius 1 is 1.14 bits per heavy atom. The number of nitrogens with zero attached hydrogens (tertiary/aromatic N) is 1. The molecule has 0 aromatic carbocycles. The summed E-state index contributed by atoms with van der Waals surface area (Å²) in [6, 6.07) is 6.14. The lowest BCUT2D eigenvalue weighted by molar-refractivity contribution is 0.360. The molecule has 1 aromatic rings. The van der Waals surface area contributed by atoms with Crippen LogP contribution < -0.4 is 0 Å². The summed E-state index contributed by atoms with van der Waals surface area (Å²) in [7, 11) is 0. The smallest absolute Gasteiger partial charge is 0.0403 e. The van der Waals surface area contributed by atoms with Gasteiger partial charge in [0.25, 0.3) is 0 Å². The maximum atomic E-state index is 4.31. The highest BCUT2D eigenvalue weighted by Gasteiger charge is 2.08. The lowest BCUT2D eigenvalue weighted by Crippen LogP contribution is -2.04. The minimum atomic E-state index is 0.476. The van der Waals surface area contributed by atoms with E-state index in [1.807, 2.05) is 12.3 Å². The summed E-state index contributed by atoms with van der Waals surface area (Å²) in [6.45, 7) is 6.90. The first-order valence-corrected chi connectivity index (χ1v) is 5.48. The maximum absolute atomic E-state index is 4.31. The fourth-order valence-corrected chi connectivity index (χ4v) is 1.51. The molecule has 1 heteroatoms. The van der Waals surface area contributed by atoms with Gasteiger partial charge in [0.15, 0.2) is 0 Å². The van der Waals surface area contributed by atoms with Crippen molar-refractivity contribution in [1.29, 1.82) is 0 Å². The van der Waals surface area contributed by atoms with E-state index in [1.165, 1.54) is 25.0 Å². The van der Waals surface area contributed by atoms with Crippen LogP contribution in [0.5, 0.6) is 0 Å². The van der Waals surface area contributed by atoms with Gasteiger partial charge in [0.05, 0.1) is 0 Å². The van der Waals surface area contributed by atoms with Crippen LogP contribution in [0.3, 0.4) is 0 Å². The summed E-state index contributed by atoms with van der Waals surface area (Å²) in [6.07, 6.45) is 6.87. The van der Waals surface area contributed by atoms with E-state index in [0.717, 1.165) is 6.42 Å². The third-order valence-corrected chi connectivity index (χ3v) is 2.34. The largest absolute Gasteiger partial charge is 0.261 e. The van der Waals surface area contributed by atoms with E-state index >= 15 is 0 Å². The van der Waals surface area contributed by atoms with Gasteiger partial charge in [-0.1, -0.05) is 33.3 Å². The van der Waals surface area contributed by atoms with Gasteiger partial charge in [-0.3, -0.25) is 4.98 Å². The molecule has 0 bridgehead atoms. The van der Waals surface area contributed by atoms with Crippen molar-refractivity contribution in [3.8, 4) is 0 Å². The van der Waals surface area contributed by atoms with Crippen molar-refractivity contribution in [3.05, 3.63) is 30.1 Å². The van der Waals surface area contributed by atoms with E-state index < -0.39 is 0 Å². The average Bonchev–Trinajstić information content (AvgIpc) is 2.13. The van der Waals surface area contributed by atoms with E-state index in [-0.39, 0.29) is 0 Å². The highest BCUT2D eigenvalue weighted by atomic mass is 14.7. The van der Waals surface area contributed by atoms with Crippen LogP contribution in [0.15, 0.2) is 24.4 Å². The molecule has 14 heavy (non-hydrogen) atoms. The Morgan fingerprint density at radius 2 is 1.93 bits per heavy atom. The van der Waals surface area contributed by atoms with Crippen LogP contribution in [-0.4, -0.2) is 4.98 Å². The molecule has 0 aliphatic carbocycles. The summed E-state index contributed by atoms with van der Waals surface area (Å²) in [5.41, 5.74) is 1.70. The Labute approximate surface area is 87.6 Å². The van der Waals surface area contributed by atoms with Crippen molar-refractivity contribution in [2.24, 2.45) is 5.41 Å². The lowest BCUT2D eigenvalue weighted by atomic mass is 9.89. The molecule has 0 radical (unpaired) electrons. The van der Waals surface area contributed by atoms with Gasteiger partial charge in [-0.2, -0.15) is 0 Å². The van der Waals surface area contributed by atoms with Crippen molar-refractivity contribution >= 4 is 0 Å². The van der Waals surface area contributed by atoms with E-state index in [0.29, 0.717) is 5.41 Å². The Bertz CT molecular complexity index is 246. The zero-order valence-electron chi connectivity index (χ0n) is 9.59. The number of aryl methyl sites for hydroxylation is 1. The quantitative estimate of drug-likeness (QED) is 0.659. The van der Waals surface area contributed by atoms with Gasteiger partial charge in [-0.05, 0) is 36.8 Å². The molecule has 0 aliphatic rings. The first kappa shape index (κ1) is 11.2. The highest BCUT2D eigenvalue weighted by molar-refractivity contribution is 5.03. The number of aromatic nitrogens is 1. The molecule has 1 rings (SSSR count). The second-order valence-electron chi connectivity index (χ2n) is 5.09. The van der Waals surface area contributed by atoms with E-state index in [9.17, 15) is 0 Å². The summed E-state index contributed by atoms with van der Waals surface area (Å²) in [5.74, 6) is 0. The van der Waals surface area contributed by atoms with Crippen LogP contribution >= 0.6 is 0 Å². The van der Waals surface area contributed by atoms with Gasteiger partial charge in [0.1, 0.15) is 0 Å². The third kappa shape index (κ3) is 5.00. The molecule has 0 saturated heterocycles. The molecule has 0 atom stereocenters. The maximum Gasteiger partial charge on any atom is 0.0403 e. The molecule has 1 heterocycles. The molecule has 0 N–H and O–H groups in total. The Balaban J connectivity index is 2.17. The molecule has 0 spiro atoms. The first-order valence-electron chi connectivity index (χ1n) is 5.48. The van der Waals surface area contributed by atoms with Crippen molar-refractivity contribution in [1.82, 2.24) is 4.98 Å². The van der Waals surface area contributed by atoms with Crippen molar-refractivity contribution in [3.63, 3.8) is 0 Å². The molecular formula is C13H21N. The first-order chi connectivity index (χ1) is 6.58. The molecular weight excluding hydrogens is 170 g/mol. The average molecular weight is 191 g/mol. The minimum Gasteiger partial charge on any atom is -0.261 e. The van der Waals surface area contributed by atoms with Crippen LogP contribution in [0, 0.1) is 5.41 Å². The number of hydrogen-bond donors (Lipinski definition) is 0.